The number of hydrogen-bond acceptors (Lipinski definition) is 6. The third-order valence-electron chi connectivity index (χ3n) is 4.24. The van der Waals surface area contributed by atoms with Crippen molar-refractivity contribution in [2.45, 2.75) is 52.6 Å². The molecule has 7 nitrogen and oxygen atoms in total. The van der Waals surface area contributed by atoms with Crippen LogP contribution in [0.3, 0.4) is 0 Å². The van der Waals surface area contributed by atoms with Crippen LogP contribution in [0.4, 0.5) is 0 Å². The lowest BCUT2D eigenvalue weighted by Gasteiger charge is -2.36. The van der Waals surface area contributed by atoms with E-state index in [4.69, 9.17) is 4.42 Å². The van der Waals surface area contributed by atoms with Crippen molar-refractivity contribution >= 4 is 10.0 Å². The number of nitrogens with one attached hydrogen (secondary N) is 1. The monoisotopic (exact) mass is 344 g/mol. The van der Waals surface area contributed by atoms with Gasteiger partial charge in [0.15, 0.2) is 0 Å². The van der Waals surface area contributed by atoms with Crippen molar-refractivity contribution in [1.29, 1.82) is 0 Å². The minimum absolute atomic E-state index is 0.0411. The summed E-state index contributed by atoms with van der Waals surface area (Å²) in [4.78, 5) is 0. The lowest BCUT2D eigenvalue weighted by Crippen LogP contribution is -2.50. The third-order valence-corrected chi connectivity index (χ3v) is 5.51. The Morgan fingerprint density at radius 2 is 2.04 bits per heavy atom. The Hall–Kier alpha value is -0.990. The standard InChI is InChI=1S/C15H28N4O3S/c1-10(2)8-14-17-18-15(22-14)12(4)16-13-6-7-19(9-11(13)3)23(5,20)21/h10-13,16H,6-9H2,1-5H3. The molecule has 0 aliphatic carbocycles. The number of hydrogen-bond donors (Lipinski definition) is 1. The molecule has 3 unspecified atom stereocenters. The third kappa shape index (κ3) is 4.99. The van der Waals surface area contributed by atoms with Crippen molar-refractivity contribution in [3.05, 3.63) is 11.8 Å². The Morgan fingerprint density at radius 3 is 2.61 bits per heavy atom. The van der Waals surface area contributed by atoms with E-state index in [1.807, 2.05) is 6.92 Å². The largest absolute Gasteiger partial charge is 0.424 e. The molecule has 1 aromatic heterocycles. The fourth-order valence-corrected chi connectivity index (χ4v) is 3.86. The second-order valence-electron chi connectivity index (χ2n) is 7.01. The molecule has 0 spiro atoms. The lowest BCUT2D eigenvalue weighted by atomic mass is 9.94. The van der Waals surface area contributed by atoms with Crippen LogP contribution >= 0.6 is 0 Å². The normalized spacial score (nSPS) is 25.0. The average molecular weight is 344 g/mol. The van der Waals surface area contributed by atoms with E-state index < -0.39 is 10.0 Å². The molecular weight excluding hydrogens is 316 g/mol. The van der Waals surface area contributed by atoms with Crippen LogP contribution in [0, 0.1) is 11.8 Å². The average Bonchev–Trinajstić information content (AvgIpc) is 2.87. The summed E-state index contributed by atoms with van der Waals surface area (Å²) >= 11 is 0. The zero-order valence-corrected chi connectivity index (χ0v) is 15.4. The summed E-state index contributed by atoms with van der Waals surface area (Å²) in [5.41, 5.74) is 0. The Labute approximate surface area is 138 Å². The maximum absolute atomic E-state index is 11.6. The van der Waals surface area contributed by atoms with Crippen molar-refractivity contribution in [2.24, 2.45) is 11.8 Å². The van der Waals surface area contributed by atoms with E-state index in [0.29, 0.717) is 30.8 Å². The van der Waals surface area contributed by atoms with Crippen LogP contribution in [0.15, 0.2) is 4.42 Å². The molecule has 0 amide bonds. The first-order valence-corrected chi connectivity index (χ1v) is 10.0. The van der Waals surface area contributed by atoms with Crippen molar-refractivity contribution in [1.82, 2.24) is 19.8 Å². The quantitative estimate of drug-likeness (QED) is 0.843. The van der Waals surface area contributed by atoms with Gasteiger partial charge in [0, 0.05) is 25.6 Å². The molecule has 1 N–H and O–H groups in total. The van der Waals surface area contributed by atoms with Gasteiger partial charge in [0.2, 0.25) is 21.8 Å². The van der Waals surface area contributed by atoms with Gasteiger partial charge in [-0.1, -0.05) is 20.8 Å². The van der Waals surface area contributed by atoms with Crippen LogP contribution in [-0.4, -0.2) is 48.3 Å². The van der Waals surface area contributed by atoms with Crippen LogP contribution < -0.4 is 5.32 Å². The second kappa shape index (κ2) is 7.27. The van der Waals surface area contributed by atoms with Gasteiger partial charge in [-0.3, -0.25) is 0 Å². The highest BCUT2D eigenvalue weighted by Gasteiger charge is 2.31. The topological polar surface area (TPSA) is 88.3 Å². The smallest absolute Gasteiger partial charge is 0.233 e. The van der Waals surface area contributed by atoms with E-state index in [1.54, 1.807) is 4.31 Å². The Kier molecular flexibility index (Phi) is 5.80. The van der Waals surface area contributed by atoms with Gasteiger partial charge >= 0.3 is 0 Å². The maximum atomic E-state index is 11.6. The highest BCUT2D eigenvalue weighted by Crippen LogP contribution is 2.22. The number of rotatable bonds is 6. The SMILES string of the molecule is CC(C)Cc1nnc(C(C)NC2CCN(S(C)(=O)=O)CC2C)o1. The summed E-state index contributed by atoms with van der Waals surface area (Å²) < 4.78 is 30.6. The summed E-state index contributed by atoms with van der Waals surface area (Å²) in [6.45, 7) is 9.40. The van der Waals surface area contributed by atoms with Gasteiger partial charge in [0.25, 0.3) is 0 Å². The minimum Gasteiger partial charge on any atom is -0.424 e. The van der Waals surface area contributed by atoms with Gasteiger partial charge in [-0.25, -0.2) is 12.7 Å². The zero-order chi connectivity index (χ0) is 17.2. The predicted octanol–water partition coefficient (Wildman–Crippen LogP) is 1.59. The van der Waals surface area contributed by atoms with E-state index in [-0.39, 0.29) is 18.0 Å². The number of aromatic nitrogens is 2. The molecule has 3 atom stereocenters. The number of piperidine rings is 1. The van der Waals surface area contributed by atoms with E-state index >= 15 is 0 Å². The summed E-state index contributed by atoms with van der Waals surface area (Å²) in [6.07, 6.45) is 2.83. The van der Waals surface area contributed by atoms with Crippen molar-refractivity contribution < 1.29 is 12.8 Å². The first-order valence-electron chi connectivity index (χ1n) is 8.20. The van der Waals surface area contributed by atoms with E-state index in [1.165, 1.54) is 6.26 Å². The van der Waals surface area contributed by atoms with Crippen molar-refractivity contribution in [3.63, 3.8) is 0 Å². The molecule has 1 aromatic rings. The molecular formula is C15H28N4O3S. The highest BCUT2D eigenvalue weighted by molar-refractivity contribution is 7.88. The molecule has 23 heavy (non-hydrogen) atoms. The lowest BCUT2D eigenvalue weighted by molar-refractivity contribution is 0.203. The van der Waals surface area contributed by atoms with E-state index in [9.17, 15) is 8.42 Å². The van der Waals surface area contributed by atoms with Gasteiger partial charge in [0.05, 0.1) is 12.3 Å². The molecule has 2 heterocycles. The summed E-state index contributed by atoms with van der Waals surface area (Å²) in [5, 5.41) is 11.7. The molecule has 1 saturated heterocycles. The van der Waals surface area contributed by atoms with Gasteiger partial charge in [0.1, 0.15) is 0 Å². The molecule has 132 valence electrons. The molecule has 0 aromatic carbocycles. The Morgan fingerprint density at radius 1 is 1.35 bits per heavy atom. The summed E-state index contributed by atoms with van der Waals surface area (Å²) in [5.74, 6) is 1.98. The fraction of sp³-hybridized carbons (Fsp3) is 0.867. The van der Waals surface area contributed by atoms with Crippen molar-refractivity contribution in [2.75, 3.05) is 19.3 Å². The van der Waals surface area contributed by atoms with Gasteiger partial charge in [-0.15, -0.1) is 10.2 Å². The molecule has 0 bridgehead atoms. The Bertz CT molecular complexity index is 614. The fourth-order valence-electron chi connectivity index (χ4n) is 2.92. The van der Waals surface area contributed by atoms with Crippen LogP contribution in [0.25, 0.3) is 0 Å². The van der Waals surface area contributed by atoms with Crippen LogP contribution in [-0.2, 0) is 16.4 Å². The summed E-state index contributed by atoms with van der Waals surface area (Å²) in [6, 6.07) is 0.198. The molecule has 8 heteroatoms. The number of sulfonamides is 1. The van der Waals surface area contributed by atoms with Gasteiger partial charge < -0.3 is 9.73 Å². The molecule has 2 rings (SSSR count). The van der Waals surface area contributed by atoms with Crippen LogP contribution in [0.1, 0.15) is 51.9 Å². The number of nitrogens with zero attached hydrogens (tertiary/aromatic N) is 3. The first-order chi connectivity index (χ1) is 10.7. The summed E-state index contributed by atoms with van der Waals surface area (Å²) in [7, 11) is -3.11. The zero-order valence-electron chi connectivity index (χ0n) is 14.6. The van der Waals surface area contributed by atoms with E-state index in [0.717, 1.165) is 12.8 Å². The van der Waals surface area contributed by atoms with Crippen molar-refractivity contribution in [3.8, 4) is 0 Å². The molecule has 1 aliphatic rings. The van der Waals surface area contributed by atoms with Crippen LogP contribution in [0.5, 0.6) is 0 Å². The second-order valence-corrected chi connectivity index (χ2v) is 9.00. The maximum Gasteiger partial charge on any atom is 0.233 e. The predicted molar refractivity (Wildman–Crippen MR) is 88.4 cm³/mol. The Balaban J connectivity index is 1.93. The molecule has 1 aliphatic heterocycles. The highest BCUT2D eigenvalue weighted by atomic mass is 32.2. The van der Waals surface area contributed by atoms with E-state index in [2.05, 4.69) is 36.3 Å². The molecule has 1 fully saturated rings. The minimum atomic E-state index is -3.11. The van der Waals surface area contributed by atoms with Gasteiger partial charge in [-0.2, -0.15) is 0 Å². The van der Waals surface area contributed by atoms with Crippen LogP contribution in [0.2, 0.25) is 0 Å². The van der Waals surface area contributed by atoms with Gasteiger partial charge in [-0.05, 0) is 25.2 Å². The molecule has 0 radical (unpaired) electrons. The first kappa shape index (κ1) is 18.4. The molecule has 0 saturated carbocycles.